The van der Waals surface area contributed by atoms with Gasteiger partial charge in [0.2, 0.25) is 0 Å². The van der Waals surface area contributed by atoms with Crippen LogP contribution in [0.25, 0.3) is 27.5 Å². The molecule has 0 saturated carbocycles. The minimum absolute atomic E-state index is 0.0776. The van der Waals surface area contributed by atoms with Gasteiger partial charge < -0.3 is 0 Å². The van der Waals surface area contributed by atoms with Crippen molar-refractivity contribution in [3.63, 3.8) is 0 Å². The zero-order valence-electron chi connectivity index (χ0n) is 11.5. The third kappa shape index (κ3) is 1.76. The van der Waals surface area contributed by atoms with Crippen molar-refractivity contribution in [2.24, 2.45) is 0 Å². The molecule has 0 unspecified atom stereocenters. The first-order chi connectivity index (χ1) is 10.2. The van der Waals surface area contributed by atoms with Crippen molar-refractivity contribution in [2.75, 3.05) is 0 Å². The molecule has 2 heterocycles. The summed E-state index contributed by atoms with van der Waals surface area (Å²) in [7, 11) is 0. The van der Waals surface area contributed by atoms with Gasteiger partial charge in [0.25, 0.3) is 5.56 Å². The molecule has 0 atom stereocenters. The summed E-state index contributed by atoms with van der Waals surface area (Å²) in [5, 5.41) is 4.78. The summed E-state index contributed by atoms with van der Waals surface area (Å²) in [5.74, 6) is 0. The molecule has 0 saturated heterocycles. The molecule has 0 aliphatic rings. The molecule has 4 nitrogen and oxygen atoms in total. The van der Waals surface area contributed by atoms with Crippen LogP contribution in [0.15, 0.2) is 59.5 Å². The molecule has 0 fully saturated rings. The number of para-hydroxylation sites is 1. The molecule has 0 radical (unpaired) electrons. The summed E-state index contributed by atoms with van der Waals surface area (Å²) in [6.07, 6.45) is 1.65. The van der Waals surface area contributed by atoms with E-state index in [1.54, 1.807) is 10.9 Å². The number of nitrogens with one attached hydrogen (secondary N) is 1. The highest BCUT2D eigenvalue weighted by Gasteiger charge is 2.11. The lowest BCUT2D eigenvalue weighted by molar-refractivity contribution is 0.864. The van der Waals surface area contributed by atoms with Crippen LogP contribution in [-0.4, -0.2) is 14.8 Å². The molecule has 1 N–H and O–H groups in total. The first-order valence-electron chi connectivity index (χ1n) is 6.79. The van der Waals surface area contributed by atoms with Crippen molar-refractivity contribution in [3.05, 3.63) is 70.6 Å². The molecule has 0 aliphatic heterocycles. The summed E-state index contributed by atoms with van der Waals surface area (Å²) in [5.41, 5.74) is 3.61. The van der Waals surface area contributed by atoms with Gasteiger partial charge in [0.15, 0.2) is 0 Å². The Hall–Kier alpha value is -2.88. The number of nitrogens with zero attached hydrogens (tertiary/aromatic N) is 2. The predicted octanol–water partition coefficient (Wildman–Crippen LogP) is 3.18. The monoisotopic (exact) mass is 275 g/mol. The van der Waals surface area contributed by atoms with E-state index in [2.05, 4.69) is 10.1 Å². The van der Waals surface area contributed by atoms with Gasteiger partial charge in [-0.1, -0.05) is 30.3 Å². The lowest BCUT2D eigenvalue weighted by Crippen LogP contribution is -2.13. The number of pyridine rings is 1. The second-order valence-electron chi connectivity index (χ2n) is 5.16. The number of aromatic nitrogens is 3. The summed E-state index contributed by atoms with van der Waals surface area (Å²) < 4.78 is 1.56. The van der Waals surface area contributed by atoms with E-state index in [1.165, 1.54) is 0 Å². The van der Waals surface area contributed by atoms with Crippen molar-refractivity contribution >= 4 is 21.8 Å². The zero-order valence-corrected chi connectivity index (χ0v) is 11.5. The van der Waals surface area contributed by atoms with Gasteiger partial charge in [-0.05, 0) is 30.7 Å². The number of hydrogen-bond donors (Lipinski definition) is 1. The van der Waals surface area contributed by atoms with E-state index < -0.39 is 0 Å². The van der Waals surface area contributed by atoms with Gasteiger partial charge in [0, 0.05) is 11.6 Å². The number of aromatic amines is 1. The number of hydrogen-bond acceptors (Lipinski definition) is 2. The van der Waals surface area contributed by atoms with Gasteiger partial charge in [-0.15, -0.1) is 0 Å². The van der Waals surface area contributed by atoms with E-state index in [0.717, 1.165) is 27.7 Å². The van der Waals surface area contributed by atoms with Crippen molar-refractivity contribution < 1.29 is 0 Å². The first kappa shape index (κ1) is 11.9. The van der Waals surface area contributed by atoms with Crippen LogP contribution in [-0.2, 0) is 0 Å². The van der Waals surface area contributed by atoms with Crippen LogP contribution in [0.1, 0.15) is 5.56 Å². The maximum atomic E-state index is 12.5. The highest BCUT2D eigenvalue weighted by molar-refractivity contribution is 6.02. The average Bonchev–Trinajstić information content (AvgIpc) is 2.85. The number of H-pyrrole nitrogens is 1. The molecule has 4 heteroatoms. The minimum Gasteiger partial charge on any atom is -0.290 e. The van der Waals surface area contributed by atoms with Crippen molar-refractivity contribution in [2.45, 2.75) is 6.92 Å². The smallest absolute Gasteiger partial charge is 0.280 e. The second kappa shape index (κ2) is 4.31. The van der Waals surface area contributed by atoms with Gasteiger partial charge in [-0.3, -0.25) is 14.9 Å². The lowest BCUT2D eigenvalue weighted by atomic mass is 10.1. The third-order valence-electron chi connectivity index (χ3n) is 3.70. The van der Waals surface area contributed by atoms with Crippen molar-refractivity contribution in [1.29, 1.82) is 0 Å². The molecular weight excluding hydrogens is 262 g/mol. The van der Waals surface area contributed by atoms with Gasteiger partial charge >= 0.3 is 0 Å². The Kier molecular flexibility index (Phi) is 2.44. The quantitative estimate of drug-likeness (QED) is 0.580. The summed E-state index contributed by atoms with van der Waals surface area (Å²) in [6.45, 7) is 2.03. The van der Waals surface area contributed by atoms with E-state index in [1.807, 2.05) is 55.5 Å². The fourth-order valence-electron chi connectivity index (χ4n) is 2.63. The molecule has 102 valence electrons. The van der Waals surface area contributed by atoms with E-state index in [-0.39, 0.29) is 5.56 Å². The first-order valence-corrected chi connectivity index (χ1v) is 6.79. The minimum atomic E-state index is -0.0776. The fraction of sp³-hybridized carbons (Fsp3) is 0.0588. The molecule has 4 rings (SSSR count). The number of fused-ring (bicyclic) bond motifs is 3. The Bertz CT molecular complexity index is 1010. The van der Waals surface area contributed by atoms with Gasteiger partial charge in [0.05, 0.1) is 22.1 Å². The molecular formula is C17H13N3O. The molecule has 2 aromatic carbocycles. The van der Waals surface area contributed by atoms with Crippen LogP contribution in [0.2, 0.25) is 0 Å². The molecule has 4 aromatic rings. The van der Waals surface area contributed by atoms with Crippen LogP contribution in [0.5, 0.6) is 0 Å². The van der Waals surface area contributed by atoms with E-state index in [0.29, 0.717) is 5.39 Å². The molecule has 21 heavy (non-hydrogen) atoms. The number of benzene rings is 2. The summed E-state index contributed by atoms with van der Waals surface area (Å²) in [4.78, 5) is 16.9. The Labute approximate surface area is 120 Å². The zero-order chi connectivity index (χ0) is 14.4. The van der Waals surface area contributed by atoms with E-state index in [4.69, 9.17) is 0 Å². The van der Waals surface area contributed by atoms with Gasteiger partial charge in [0.1, 0.15) is 0 Å². The van der Waals surface area contributed by atoms with Crippen LogP contribution in [0, 0.1) is 6.92 Å². The lowest BCUT2D eigenvalue weighted by Gasteiger charge is -2.00. The summed E-state index contributed by atoms with van der Waals surface area (Å²) in [6, 6.07) is 15.6. The largest absolute Gasteiger partial charge is 0.290 e. The second-order valence-corrected chi connectivity index (χ2v) is 5.16. The van der Waals surface area contributed by atoms with Gasteiger partial charge in [-0.25, -0.2) is 4.68 Å². The topological polar surface area (TPSA) is 50.7 Å². The standard InChI is InChI=1S/C17H13N3O/c1-11-7-8-13-15(9-11)18-10-14-16(13)19-20(17(14)21)12-5-3-2-4-6-12/h2-10,19H,1H3. The Morgan fingerprint density at radius 1 is 1.05 bits per heavy atom. The van der Waals surface area contributed by atoms with Crippen molar-refractivity contribution in [3.8, 4) is 5.69 Å². The molecule has 0 amide bonds. The Morgan fingerprint density at radius 2 is 1.86 bits per heavy atom. The van der Waals surface area contributed by atoms with Crippen LogP contribution >= 0.6 is 0 Å². The maximum Gasteiger partial charge on any atom is 0.280 e. The fourth-order valence-corrected chi connectivity index (χ4v) is 2.63. The highest BCUT2D eigenvalue weighted by atomic mass is 16.1. The highest BCUT2D eigenvalue weighted by Crippen LogP contribution is 2.21. The van der Waals surface area contributed by atoms with E-state index >= 15 is 0 Å². The predicted molar refractivity (Wildman–Crippen MR) is 83.9 cm³/mol. The maximum absolute atomic E-state index is 12.5. The number of rotatable bonds is 1. The van der Waals surface area contributed by atoms with E-state index in [9.17, 15) is 4.79 Å². The molecule has 0 aliphatic carbocycles. The molecule has 2 aromatic heterocycles. The normalized spacial score (nSPS) is 11.3. The van der Waals surface area contributed by atoms with Crippen molar-refractivity contribution in [1.82, 2.24) is 14.8 Å². The van der Waals surface area contributed by atoms with Crippen LogP contribution in [0.4, 0.5) is 0 Å². The third-order valence-corrected chi connectivity index (χ3v) is 3.70. The Balaban J connectivity index is 2.11. The SMILES string of the molecule is Cc1ccc2c(c1)ncc1c(=O)n(-c3ccccc3)[nH]c12. The van der Waals surface area contributed by atoms with Gasteiger partial charge in [-0.2, -0.15) is 0 Å². The molecule has 0 bridgehead atoms. The number of aryl methyl sites for hydroxylation is 1. The van der Waals surface area contributed by atoms with Crippen LogP contribution in [0.3, 0.4) is 0 Å². The summed E-state index contributed by atoms with van der Waals surface area (Å²) >= 11 is 0. The molecule has 0 spiro atoms. The Morgan fingerprint density at radius 3 is 2.67 bits per heavy atom. The van der Waals surface area contributed by atoms with Crippen LogP contribution < -0.4 is 5.56 Å². The average molecular weight is 275 g/mol.